The minimum absolute atomic E-state index is 0.0302. The highest BCUT2D eigenvalue weighted by atomic mass is 16.7. The second kappa shape index (κ2) is 14.0. The van der Waals surface area contributed by atoms with Gasteiger partial charge < -0.3 is 34.3 Å². The Balaban J connectivity index is 1.62. The number of alkyl carbamates (subject to hydrolysis) is 1. The maximum atomic E-state index is 14.1. The smallest absolute Gasteiger partial charge is 0.408 e. The highest BCUT2D eigenvalue weighted by molar-refractivity contribution is 6.25. The van der Waals surface area contributed by atoms with Gasteiger partial charge in [-0.1, -0.05) is 6.07 Å². The number of likely N-dealkylation sites (N-methyl/N-ethyl adjacent to an activating group) is 1. The molecule has 2 N–H and O–H groups in total. The second-order valence-electron chi connectivity index (χ2n) is 14.2. The molecule has 3 heterocycles. The number of piperazine rings is 1. The molecule has 6 atom stereocenters. The summed E-state index contributed by atoms with van der Waals surface area (Å²) in [4.78, 5) is 58.1. The van der Waals surface area contributed by atoms with Crippen molar-refractivity contribution in [3.05, 3.63) is 45.2 Å². The van der Waals surface area contributed by atoms with E-state index in [0.717, 1.165) is 16.7 Å². The number of methoxy groups -OCH3 is 3. The zero-order chi connectivity index (χ0) is 36.8. The van der Waals surface area contributed by atoms with Gasteiger partial charge in [0.15, 0.2) is 29.8 Å². The van der Waals surface area contributed by atoms with Gasteiger partial charge in [0, 0.05) is 48.0 Å². The van der Waals surface area contributed by atoms with Gasteiger partial charge in [0.2, 0.25) is 11.7 Å². The molecule has 2 amide bonds. The van der Waals surface area contributed by atoms with Gasteiger partial charge in [-0.25, -0.2) is 4.79 Å². The van der Waals surface area contributed by atoms with Crippen molar-refractivity contribution in [2.75, 3.05) is 41.7 Å². The van der Waals surface area contributed by atoms with Crippen LogP contribution in [0.5, 0.6) is 11.5 Å². The lowest BCUT2D eigenvalue weighted by Crippen LogP contribution is -2.71. The molecule has 50 heavy (non-hydrogen) atoms. The van der Waals surface area contributed by atoms with Gasteiger partial charge in [-0.2, -0.15) is 5.26 Å². The molecule has 4 aliphatic rings. The molecular formula is C36H47N5O9. The number of rotatable bonds is 9. The number of fused-ring (bicyclic) bond motifs is 6. The molecule has 1 saturated heterocycles. The van der Waals surface area contributed by atoms with E-state index in [4.69, 9.17) is 23.7 Å². The lowest BCUT2D eigenvalue weighted by atomic mass is 9.69. The summed E-state index contributed by atoms with van der Waals surface area (Å²) in [6.45, 7) is 10.0. The van der Waals surface area contributed by atoms with Crippen molar-refractivity contribution in [3.8, 4) is 17.6 Å². The molecule has 3 aliphatic heterocycles. The minimum atomic E-state index is -0.986. The molecular weight excluding hydrogens is 646 g/mol. The SMILES string of the molecule is COCOc1c(OC)c(C)cc2c1[C@H]1C3CC4=C(C(=O)C(OC)=C(C)C4=O)[C@H](CNC(=O)[C@H](C)NC(=O)OC(C)(C)C)N3[C@@H](C#N)[C@H](C2)N1C. The molecule has 14 heteroatoms. The summed E-state index contributed by atoms with van der Waals surface area (Å²) in [7, 11) is 6.41. The Labute approximate surface area is 292 Å². The van der Waals surface area contributed by atoms with Crippen LogP contribution < -0.4 is 20.1 Å². The van der Waals surface area contributed by atoms with Crippen molar-refractivity contribution in [2.24, 2.45) is 0 Å². The average molecular weight is 694 g/mol. The third kappa shape index (κ3) is 6.34. The van der Waals surface area contributed by atoms with Crippen LogP contribution in [-0.4, -0.2) is 111 Å². The predicted molar refractivity (Wildman–Crippen MR) is 180 cm³/mol. The van der Waals surface area contributed by atoms with Gasteiger partial charge in [0.25, 0.3) is 0 Å². The summed E-state index contributed by atoms with van der Waals surface area (Å²) in [5.41, 5.74) is 2.68. The fraction of sp³-hybridized carbons (Fsp3) is 0.583. The number of hydrogen-bond acceptors (Lipinski definition) is 12. The van der Waals surface area contributed by atoms with Crippen LogP contribution in [0.15, 0.2) is 28.5 Å². The van der Waals surface area contributed by atoms with E-state index in [0.29, 0.717) is 23.5 Å². The van der Waals surface area contributed by atoms with Crippen molar-refractivity contribution in [2.45, 2.75) is 96.2 Å². The summed E-state index contributed by atoms with van der Waals surface area (Å²) in [5.74, 6) is -0.298. The molecule has 270 valence electrons. The molecule has 5 rings (SSSR count). The zero-order valence-electron chi connectivity index (χ0n) is 30.4. The van der Waals surface area contributed by atoms with Gasteiger partial charge in [0.1, 0.15) is 17.7 Å². The fourth-order valence-corrected chi connectivity index (χ4v) is 7.95. The van der Waals surface area contributed by atoms with Crippen molar-refractivity contribution >= 4 is 23.6 Å². The van der Waals surface area contributed by atoms with Gasteiger partial charge >= 0.3 is 6.09 Å². The number of amides is 2. The number of nitriles is 1. The molecule has 0 saturated carbocycles. The molecule has 0 spiro atoms. The number of hydrogen-bond donors (Lipinski definition) is 2. The first-order valence-electron chi connectivity index (χ1n) is 16.7. The number of benzene rings is 1. The second-order valence-corrected chi connectivity index (χ2v) is 14.2. The van der Waals surface area contributed by atoms with Crippen LogP contribution in [0.25, 0.3) is 0 Å². The minimum Gasteiger partial charge on any atom is -0.493 e. The number of ketones is 2. The monoisotopic (exact) mass is 693 g/mol. The summed E-state index contributed by atoms with van der Waals surface area (Å²) >= 11 is 0. The molecule has 14 nitrogen and oxygen atoms in total. The Morgan fingerprint density at radius 2 is 1.76 bits per heavy atom. The molecule has 1 aromatic carbocycles. The Bertz CT molecular complexity index is 1700. The Hall–Kier alpha value is -4.45. The number of ether oxygens (including phenoxy) is 5. The van der Waals surface area contributed by atoms with E-state index >= 15 is 0 Å². The maximum Gasteiger partial charge on any atom is 0.408 e. The van der Waals surface area contributed by atoms with Crippen LogP contribution >= 0.6 is 0 Å². The number of aryl methyl sites for hydroxylation is 1. The standard InChI is InChI=1S/C36H47N5O9/c1-17-11-20-12-22-24(14-37)41-23(28(40(22)7)26(20)33(31(17)47-9)49-16-46-8)13-21-27(30(43)32(48-10)18(2)29(21)42)25(41)15-38-34(44)19(3)39-35(45)50-36(4,5)6/h11,19,22-25,28H,12-13,15-16H2,1-10H3,(H,38,44)(H,39,45)/t19-,22-,23?,24-,25-,28+/m0/s1. The first kappa shape index (κ1) is 36.8. The summed E-state index contributed by atoms with van der Waals surface area (Å²) in [6.07, 6.45) is -0.0997. The molecule has 1 aliphatic carbocycles. The highest BCUT2D eigenvalue weighted by Gasteiger charge is 2.58. The lowest BCUT2D eigenvalue weighted by molar-refractivity contribution is -0.125. The molecule has 1 unspecified atom stereocenters. The summed E-state index contributed by atoms with van der Waals surface area (Å²) in [6, 6.07) is 0.775. The van der Waals surface area contributed by atoms with Crippen LogP contribution in [0.3, 0.4) is 0 Å². The number of nitrogens with one attached hydrogen (secondary N) is 2. The van der Waals surface area contributed by atoms with E-state index in [9.17, 15) is 24.4 Å². The Morgan fingerprint density at radius 1 is 1.06 bits per heavy atom. The van der Waals surface area contributed by atoms with Crippen molar-refractivity contribution in [1.82, 2.24) is 20.4 Å². The van der Waals surface area contributed by atoms with E-state index < -0.39 is 53.6 Å². The number of Topliss-reactive ketones (excluding diaryl/α,β-unsaturated/α-hetero) is 2. The lowest BCUT2D eigenvalue weighted by Gasteiger charge is -2.60. The summed E-state index contributed by atoms with van der Waals surface area (Å²) < 4.78 is 28.1. The fourth-order valence-electron chi connectivity index (χ4n) is 7.95. The largest absolute Gasteiger partial charge is 0.493 e. The van der Waals surface area contributed by atoms with Gasteiger partial charge in [0.05, 0.1) is 32.4 Å². The van der Waals surface area contributed by atoms with E-state index in [2.05, 4.69) is 27.7 Å². The van der Waals surface area contributed by atoms with E-state index in [1.165, 1.54) is 21.1 Å². The Morgan fingerprint density at radius 3 is 2.36 bits per heavy atom. The maximum absolute atomic E-state index is 14.1. The molecule has 2 bridgehead atoms. The average Bonchev–Trinajstić information content (AvgIpc) is 3.04. The summed E-state index contributed by atoms with van der Waals surface area (Å²) in [5, 5.41) is 16.2. The molecule has 0 radical (unpaired) electrons. The number of nitrogens with zero attached hydrogens (tertiary/aromatic N) is 3. The van der Waals surface area contributed by atoms with Gasteiger partial charge in [-0.15, -0.1) is 0 Å². The van der Waals surface area contributed by atoms with Gasteiger partial charge in [-0.3, -0.25) is 24.2 Å². The van der Waals surface area contributed by atoms with Gasteiger partial charge in [-0.05, 0) is 72.6 Å². The van der Waals surface area contributed by atoms with Crippen LogP contribution in [0.4, 0.5) is 4.79 Å². The van der Waals surface area contributed by atoms with Crippen LogP contribution in [0, 0.1) is 18.3 Å². The van der Waals surface area contributed by atoms with Crippen LogP contribution in [0.1, 0.15) is 63.8 Å². The third-order valence-corrected chi connectivity index (χ3v) is 9.96. The molecule has 1 aromatic rings. The normalized spacial score (nSPS) is 25.5. The topological polar surface area (TPSA) is 169 Å². The molecule has 0 aromatic heterocycles. The van der Waals surface area contributed by atoms with E-state index in [-0.39, 0.29) is 48.5 Å². The Kier molecular flexibility index (Phi) is 10.3. The van der Waals surface area contributed by atoms with Crippen LogP contribution in [-0.2, 0) is 35.0 Å². The quantitative estimate of drug-likeness (QED) is 0.287. The number of carbonyl (C=O) groups is 4. The molecule has 1 fully saturated rings. The number of allylic oxidation sites excluding steroid dienone is 2. The van der Waals surface area contributed by atoms with Crippen LogP contribution in [0.2, 0.25) is 0 Å². The first-order valence-corrected chi connectivity index (χ1v) is 16.7. The van der Waals surface area contributed by atoms with Crippen molar-refractivity contribution in [3.63, 3.8) is 0 Å². The van der Waals surface area contributed by atoms with E-state index in [1.54, 1.807) is 34.8 Å². The predicted octanol–water partition coefficient (Wildman–Crippen LogP) is 2.63. The highest BCUT2D eigenvalue weighted by Crippen LogP contribution is 2.54. The first-order chi connectivity index (χ1) is 23.6. The van der Waals surface area contributed by atoms with E-state index in [1.807, 2.05) is 18.9 Å². The number of carbonyl (C=O) groups excluding carboxylic acids is 4. The third-order valence-electron chi connectivity index (χ3n) is 9.96. The van der Waals surface area contributed by atoms with Crippen molar-refractivity contribution < 1.29 is 42.9 Å². The van der Waals surface area contributed by atoms with Crippen molar-refractivity contribution in [1.29, 1.82) is 5.26 Å². The zero-order valence-corrected chi connectivity index (χ0v) is 30.4.